The average molecular weight is 428 g/mol. The summed E-state index contributed by atoms with van der Waals surface area (Å²) in [4.78, 5) is 22.6. The molecule has 144 valence electrons. The SMILES string of the molecule is N#C/C(=C\c1ccc(-c2cc(Cl)ccc2Cl)o1)C(=O)Nc1cccc([N+](=O)[O-])c1. The lowest BCUT2D eigenvalue weighted by Gasteiger charge is -2.04. The van der Waals surface area contributed by atoms with E-state index in [0.717, 1.165) is 0 Å². The predicted molar refractivity (Wildman–Crippen MR) is 109 cm³/mol. The number of carbonyl (C=O) groups excluding carboxylic acids is 1. The molecular formula is C20H11Cl2N3O4. The number of nitro benzene ring substituents is 1. The Bertz CT molecular complexity index is 1180. The fraction of sp³-hybridized carbons (Fsp3) is 0. The van der Waals surface area contributed by atoms with Crippen molar-refractivity contribution in [2.24, 2.45) is 0 Å². The van der Waals surface area contributed by atoms with E-state index < -0.39 is 10.8 Å². The van der Waals surface area contributed by atoms with Gasteiger partial charge in [0.25, 0.3) is 11.6 Å². The summed E-state index contributed by atoms with van der Waals surface area (Å²) >= 11 is 12.1. The lowest BCUT2D eigenvalue weighted by Crippen LogP contribution is -2.13. The van der Waals surface area contributed by atoms with E-state index in [1.54, 1.807) is 36.4 Å². The molecule has 0 aliphatic rings. The van der Waals surface area contributed by atoms with Gasteiger partial charge in [-0.1, -0.05) is 29.3 Å². The molecule has 3 rings (SSSR count). The van der Waals surface area contributed by atoms with E-state index in [9.17, 15) is 20.2 Å². The smallest absolute Gasteiger partial charge is 0.271 e. The van der Waals surface area contributed by atoms with Gasteiger partial charge in [0.2, 0.25) is 0 Å². The van der Waals surface area contributed by atoms with E-state index in [1.807, 2.05) is 0 Å². The Hall–Kier alpha value is -3.60. The zero-order valence-corrected chi connectivity index (χ0v) is 16.1. The highest BCUT2D eigenvalue weighted by Crippen LogP contribution is 2.32. The first-order valence-corrected chi connectivity index (χ1v) is 8.86. The number of hydrogen-bond donors (Lipinski definition) is 1. The van der Waals surface area contributed by atoms with Crippen LogP contribution in [0.4, 0.5) is 11.4 Å². The standard InChI is InChI=1S/C20H11Cl2N3O4/c21-13-4-6-18(22)17(9-13)19-7-5-16(29-19)8-12(11-23)20(26)24-14-2-1-3-15(10-14)25(27)28/h1-10H,(H,24,26)/b12-8+. The van der Waals surface area contributed by atoms with Crippen LogP contribution >= 0.6 is 23.2 Å². The van der Waals surface area contributed by atoms with Crippen molar-refractivity contribution in [2.45, 2.75) is 0 Å². The molecule has 0 saturated heterocycles. The van der Waals surface area contributed by atoms with Gasteiger partial charge in [-0.25, -0.2) is 0 Å². The second-order valence-electron chi connectivity index (χ2n) is 5.76. The van der Waals surface area contributed by atoms with Crippen molar-refractivity contribution < 1.29 is 14.1 Å². The number of nitro groups is 1. The van der Waals surface area contributed by atoms with Gasteiger partial charge < -0.3 is 9.73 Å². The number of benzene rings is 2. The number of nitriles is 1. The van der Waals surface area contributed by atoms with Crippen LogP contribution in [0.3, 0.4) is 0 Å². The van der Waals surface area contributed by atoms with Crippen LogP contribution < -0.4 is 5.32 Å². The number of halogens is 2. The van der Waals surface area contributed by atoms with Gasteiger partial charge in [0.15, 0.2) is 0 Å². The summed E-state index contributed by atoms with van der Waals surface area (Å²) in [6.07, 6.45) is 1.26. The Morgan fingerprint density at radius 3 is 2.69 bits per heavy atom. The maximum Gasteiger partial charge on any atom is 0.271 e. The molecule has 0 unspecified atom stereocenters. The third-order valence-corrected chi connectivity index (χ3v) is 4.35. The molecule has 0 aliphatic heterocycles. The van der Waals surface area contributed by atoms with Gasteiger partial charge in [0.05, 0.1) is 9.95 Å². The van der Waals surface area contributed by atoms with Gasteiger partial charge in [-0.15, -0.1) is 0 Å². The van der Waals surface area contributed by atoms with Gasteiger partial charge in [-0.05, 0) is 36.4 Å². The van der Waals surface area contributed by atoms with Crippen molar-refractivity contribution in [3.8, 4) is 17.4 Å². The van der Waals surface area contributed by atoms with Crippen LogP contribution in [0.15, 0.2) is 64.6 Å². The first kappa shape index (κ1) is 20.1. The maximum absolute atomic E-state index is 12.4. The van der Waals surface area contributed by atoms with E-state index in [4.69, 9.17) is 27.6 Å². The van der Waals surface area contributed by atoms with Crippen molar-refractivity contribution >= 4 is 46.6 Å². The molecule has 2 aromatic carbocycles. The zero-order valence-electron chi connectivity index (χ0n) is 14.6. The summed E-state index contributed by atoms with van der Waals surface area (Å²) in [6, 6.07) is 15.3. The first-order chi connectivity index (χ1) is 13.9. The number of nitrogens with one attached hydrogen (secondary N) is 1. The normalized spacial score (nSPS) is 11.0. The number of amides is 1. The van der Waals surface area contributed by atoms with E-state index in [0.29, 0.717) is 21.4 Å². The van der Waals surface area contributed by atoms with Crippen LogP contribution in [-0.2, 0) is 4.79 Å². The molecule has 0 radical (unpaired) electrons. The molecule has 0 atom stereocenters. The number of carbonyl (C=O) groups is 1. The van der Waals surface area contributed by atoms with Crippen LogP contribution in [0.2, 0.25) is 10.0 Å². The zero-order chi connectivity index (χ0) is 21.0. The molecule has 0 saturated carbocycles. The third kappa shape index (κ3) is 4.82. The number of rotatable bonds is 5. The van der Waals surface area contributed by atoms with Crippen molar-refractivity contribution in [3.05, 3.63) is 86.1 Å². The highest BCUT2D eigenvalue weighted by atomic mass is 35.5. The molecule has 0 bridgehead atoms. The van der Waals surface area contributed by atoms with Gasteiger partial charge in [-0.3, -0.25) is 14.9 Å². The summed E-state index contributed by atoms with van der Waals surface area (Å²) in [5.74, 6) is -0.0614. The minimum absolute atomic E-state index is 0.181. The van der Waals surface area contributed by atoms with Crippen LogP contribution in [0.5, 0.6) is 0 Å². The number of nitrogens with zero attached hydrogens (tertiary/aromatic N) is 2. The molecule has 1 amide bonds. The molecule has 9 heteroatoms. The second kappa shape index (κ2) is 8.61. The van der Waals surface area contributed by atoms with Gasteiger partial charge >= 0.3 is 0 Å². The fourth-order valence-electron chi connectivity index (χ4n) is 2.45. The summed E-state index contributed by atoms with van der Waals surface area (Å²) in [6.45, 7) is 0. The largest absolute Gasteiger partial charge is 0.457 e. The van der Waals surface area contributed by atoms with Crippen molar-refractivity contribution in [3.63, 3.8) is 0 Å². The molecular weight excluding hydrogens is 417 g/mol. The molecule has 7 nitrogen and oxygen atoms in total. The highest BCUT2D eigenvalue weighted by Gasteiger charge is 2.14. The lowest BCUT2D eigenvalue weighted by atomic mass is 10.2. The van der Waals surface area contributed by atoms with Gasteiger partial charge in [-0.2, -0.15) is 5.26 Å². The third-order valence-electron chi connectivity index (χ3n) is 3.79. The minimum atomic E-state index is -0.730. The second-order valence-corrected chi connectivity index (χ2v) is 6.60. The summed E-state index contributed by atoms with van der Waals surface area (Å²) < 4.78 is 5.65. The van der Waals surface area contributed by atoms with Crippen molar-refractivity contribution in [1.29, 1.82) is 5.26 Å². The maximum atomic E-state index is 12.4. The Morgan fingerprint density at radius 1 is 1.17 bits per heavy atom. The topological polar surface area (TPSA) is 109 Å². The summed E-state index contributed by atoms with van der Waals surface area (Å²) in [7, 11) is 0. The molecule has 0 aliphatic carbocycles. The van der Waals surface area contributed by atoms with E-state index in [-0.39, 0.29) is 22.7 Å². The Kier molecular flexibility index (Phi) is 5.98. The van der Waals surface area contributed by atoms with Gasteiger partial charge in [0, 0.05) is 34.5 Å². The number of anilines is 1. The average Bonchev–Trinajstić information content (AvgIpc) is 3.16. The van der Waals surface area contributed by atoms with Crippen LogP contribution in [0.1, 0.15) is 5.76 Å². The monoisotopic (exact) mass is 427 g/mol. The predicted octanol–water partition coefficient (Wildman–Crippen LogP) is 5.71. The minimum Gasteiger partial charge on any atom is -0.457 e. The number of furan rings is 1. The fourth-order valence-corrected chi connectivity index (χ4v) is 2.83. The highest BCUT2D eigenvalue weighted by molar-refractivity contribution is 6.35. The van der Waals surface area contributed by atoms with Crippen LogP contribution in [-0.4, -0.2) is 10.8 Å². The van der Waals surface area contributed by atoms with E-state index in [2.05, 4.69) is 5.32 Å². The molecule has 3 aromatic rings. The lowest BCUT2D eigenvalue weighted by molar-refractivity contribution is -0.384. The summed E-state index contributed by atoms with van der Waals surface area (Å²) in [5.41, 5.74) is 0.337. The van der Waals surface area contributed by atoms with Crippen molar-refractivity contribution in [2.75, 3.05) is 5.32 Å². The Morgan fingerprint density at radius 2 is 1.97 bits per heavy atom. The molecule has 29 heavy (non-hydrogen) atoms. The number of hydrogen-bond acceptors (Lipinski definition) is 5. The molecule has 1 aromatic heterocycles. The Labute approximate surface area is 174 Å². The Balaban J connectivity index is 1.83. The van der Waals surface area contributed by atoms with E-state index in [1.165, 1.54) is 30.3 Å². The molecule has 1 N–H and O–H groups in total. The van der Waals surface area contributed by atoms with Gasteiger partial charge in [0.1, 0.15) is 23.2 Å². The quantitative estimate of drug-likeness (QED) is 0.242. The van der Waals surface area contributed by atoms with E-state index >= 15 is 0 Å². The van der Waals surface area contributed by atoms with Crippen molar-refractivity contribution in [1.82, 2.24) is 0 Å². The molecule has 0 fully saturated rings. The van der Waals surface area contributed by atoms with Crippen LogP contribution in [0.25, 0.3) is 17.4 Å². The van der Waals surface area contributed by atoms with Crippen LogP contribution in [0, 0.1) is 21.4 Å². The first-order valence-electron chi connectivity index (χ1n) is 8.10. The summed E-state index contributed by atoms with van der Waals surface area (Å²) in [5, 5.41) is 23.5. The molecule has 1 heterocycles. The molecule has 0 spiro atoms. The number of non-ortho nitro benzene ring substituents is 1.